The zero-order valence-corrected chi connectivity index (χ0v) is 24.5. The summed E-state index contributed by atoms with van der Waals surface area (Å²) in [5, 5.41) is 9.98. The SMILES string of the molecule is C=C(/C(=C\C=C(\OC1CCN(CCOC)CC1)C(C)CC)C(C)CO)C(C(=O)OCC)C(=O)OCCCC. The Labute approximate surface area is 230 Å². The number of allylic oxidation sites excluding steroid dienone is 3. The number of esters is 2. The second-order valence-electron chi connectivity index (χ2n) is 9.97. The first kappa shape index (κ1) is 33.9. The van der Waals surface area contributed by atoms with Crippen molar-refractivity contribution in [3.05, 3.63) is 35.6 Å². The van der Waals surface area contributed by atoms with Crippen LogP contribution in [0.2, 0.25) is 0 Å². The van der Waals surface area contributed by atoms with Gasteiger partial charge < -0.3 is 29.0 Å². The molecule has 0 saturated carbocycles. The first-order valence-corrected chi connectivity index (χ1v) is 14.2. The minimum atomic E-state index is -1.29. The molecule has 0 amide bonds. The zero-order valence-electron chi connectivity index (χ0n) is 24.5. The number of ether oxygens (including phenoxy) is 4. The number of piperidine rings is 1. The molecule has 8 heteroatoms. The van der Waals surface area contributed by atoms with E-state index in [1.165, 1.54) is 0 Å². The van der Waals surface area contributed by atoms with Gasteiger partial charge in [-0.3, -0.25) is 9.59 Å². The summed E-state index contributed by atoms with van der Waals surface area (Å²) in [4.78, 5) is 28.1. The van der Waals surface area contributed by atoms with Gasteiger partial charge in [0.2, 0.25) is 0 Å². The number of carbonyl (C=O) groups is 2. The van der Waals surface area contributed by atoms with Gasteiger partial charge in [-0.2, -0.15) is 0 Å². The van der Waals surface area contributed by atoms with Crippen LogP contribution in [0.1, 0.15) is 66.7 Å². The van der Waals surface area contributed by atoms with Crippen LogP contribution < -0.4 is 0 Å². The van der Waals surface area contributed by atoms with Gasteiger partial charge in [-0.05, 0) is 49.8 Å². The number of aliphatic hydroxyl groups excluding tert-OH is 1. The Bertz CT molecular complexity index is 783. The third-order valence-electron chi connectivity index (χ3n) is 7.00. The summed E-state index contributed by atoms with van der Waals surface area (Å²) in [5.41, 5.74) is 0.870. The minimum absolute atomic E-state index is 0.116. The highest BCUT2D eigenvalue weighted by Gasteiger charge is 2.35. The summed E-state index contributed by atoms with van der Waals surface area (Å²) in [6.45, 7) is 17.6. The number of likely N-dealkylation sites (tertiary alicyclic amines) is 1. The number of aliphatic hydroxyl groups is 1. The first-order valence-electron chi connectivity index (χ1n) is 14.2. The van der Waals surface area contributed by atoms with Crippen LogP contribution >= 0.6 is 0 Å². The lowest BCUT2D eigenvalue weighted by Crippen LogP contribution is -2.38. The fourth-order valence-electron chi connectivity index (χ4n) is 4.22. The molecular formula is C30H51NO7. The zero-order chi connectivity index (χ0) is 28.5. The molecule has 3 atom stereocenters. The molecule has 1 fully saturated rings. The fraction of sp³-hybridized carbons (Fsp3) is 0.733. The molecule has 8 nitrogen and oxygen atoms in total. The molecule has 0 aromatic heterocycles. The maximum Gasteiger partial charge on any atom is 0.324 e. The van der Waals surface area contributed by atoms with E-state index in [-0.39, 0.29) is 43.3 Å². The van der Waals surface area contributed by atoms with E-state index in [1.54, 1.807) is 14.0 Å². The predicted molar refractivity (Wildman–Crippen MR) is 149 cm³/mol. The summed E-state index contributed by atoms with van der Waals surface area (Å²) < 4.78 is 22.2. The number of hydrogen-bond acceptors (Lipinski definition) is 8. The molecule has 1 aliphatic rings. The van der Waals surface area contributed by atoms with Gasteiger partial charge in [-0.1, -0.05) is 46.8 Å². The lowest BCUT2D eigenvalue weighted by atomic mass is 9.86. The lowest BCUT2D eigenvalue weighted by molar-refractivity contribution is -0.159. The Morgan fingerprint density at radius 1 is 1.03 bits per heavy atom. The Kier molecular flexibility index (Phi) is 16.9. The molecule has 1 aliphatic heterocycles. The van der Waals surface area contributed by atoms with Crippen LogP contribution in [0.25, 0.3) is 0 Å². The van der Waals surface area contributed by atoms with E-state index in [0.29, 0.717) is 12.0 Å². The summed E-state index contributed by atoms with van der Waals surface area (Å²) in [6, 6.07) is 0. The van der Waals surface area contributed by atoms with Crippen molar-refractivity contribution in [1.82, 2.24) is 4.90 Å². The van der Waals surface area contributed by atoms with Crippen LogP contribution in [0.15, 0.2) is 35.6 Å². The second kappa shape index (κ2) is 19.0. The van der Waals surface area contributed by atoms with Gasteiger partial charge in [0.05, 0.1) is 25.6 Å². The van der Waals surface area contributed by atoms with Gasteiger partial charge in [-0.15, -0.1) is 0 Å². The molecule has 0 radical (unpaired) electrons. The average Bonchev–Trinajstić information content (AvgIpc) is 2.91. The summed E-state index contributed by atoms with van der Waals surface area (Å²) in [5.74, 6) is -2.00. The Morgan fingerprint density at radius 2 is 1.68 bits per heavy atom. The van der Waals surface area contributed by atoms with Crippen LogP contribution in [0, 0.1) is 17.8 Å². The molecule has 1 saturated heterocycles. The van der Waals surface area contributed by atoms with Crippen LogP contribution in [-0.4, -0.2) is 81.2 Å². The van der Waals surface area contributed by atoms with Crippen molar-refractivity contribution in [2.45, 2.75) is 72.8 Å². The van der Waals surface area contributed by atoms with Crippen molar-refractivity contribution in [2.75, 3.05) is 53.2 Å². The number of methoxy groups -OCH3 is 1. The van der Waals surface area contributed by atoms with Crippen molar-refractivity contribution >= 4 is 11.9 Å². The van der Waals surface area contributed by atoms with Crippen molar-refractivity contribution in [1.29, 1.82) is 0 Å². The summed E-state index contributed by atoms with van der Waals surface area (Å²) in [7, 11) is 1.72. The topological polar surface area (TPSA) is 94.5 Å². The van der Waals surface area contributed by atoms with Crippen LogP contribution in [0.3, 0.4) is 0 Å². The quantitative estimate of drug-likeness (QED) is 0.0886. The molecule has 0 aromatic carbocycles. The van der Waals surface area contributed by atoms with Crippen molar-refractivity contribution < 1.29 is 33.6 Å². The average molecular weight is 538 g/mol. The van der Waals surface area contributed by atoms with Gasteiger partial charge >= 0.3 is 11.9 Å². The Hall–Kier alpha value is -2.16. The molecule has 38 heavy (non-hydrogen) atoms. The second-order valence-corrected chi connectivity index (χ2v) is 9.97. The number of unbranched alkanes of at least 4 members (excludes halogenated alkanes) is 1. The number of nitrogens with zero attached hydrogens (tertiary/aromatic N) is 1. The van der Waals surface area contributed by atoms with E-state index in [4.69, 9.17) is 18.9 Å². The van der Waals surface area contributed by atoms with Crippen LogP contribution in [-0.2, 0) is 28.5 Å². The molecule has 1 N–H and O–H groups in total. The first-order chi connectivity index (χ1) is 18.2. The molecular weight excluding hydrogens is 486 g/mol. The Morgan fingerprint density at radius 3 is 2.24 bits per heavy atom. The summed E-state index contributed by atoms with van der Waals surface area (Å²) in [6.07, 6.45) is 8.17. The molecule has 0 spiro atoms. The van der Waals surface area contributed by atoms with Crippen molar-refractivity contribution in [3.8, 4) is 0 Å². The molecule has 1 heterocycles. The van der Waals surface area contributed by atoms with E-state index in [2.05, 4.69) is 25.3 Å². The lowest BCUT2D eigenvalue weighted by Gasteiger charge is -2.33. The third-order valence-corrected chi connectivity index (χ3v) is 7.00. The normalized spacial score (nSPS) is 18.0. The maximum absolute atomic E-state index is 12.9. The minimum Gasteiger partial charge on any atom is -0.494 e. The monoisotopic (exact) mass is 537 g/mol. The number of hydrogen-bond donors (Lipinski definition) is 1. The molecule has 1 rings (SSSR count). The van der Waals surface area contributed by atoms with E-state index in [0.717, 1.165) is 57.7 Å². The molecule has 0 aliphatic carbocycles. The van der Waals surface area contributed by atoms with Gasteiger partial charge in [0, 0.05) is 45.2 Å². The fourth-order valence-corrected chi connectivity index (χ4v) is 4.22. The van der Waals surface area contributed by atoms with Gasteiger partial charge in [0.1, 0.15) is 6.10 Å². The van der Waals surface area contributed by atoms with Crippen LogP contribution in [0.4, 0.5) is 0 Å². The van der Waals surface area contributed by atoms with E-state index in [1.807, 2.05) is 26.0 Å². The molecule has 3 unspecified atom stereocenters. The van der Waals surface area contributed by atoms with Gasteiger partial charge in [0.15, 0.2) is 5.92 Å². The van der Waals surface area contributed by atoms with E-state index >= 15 is 0 Å². The highest BCUT2D eigenvalue weighted by molar-refractivity contribution is 5.99. The number of rotatable bonds is 18. The van der Waals surface area contributed by atoms with E-state index < -0.39 is 17.9 Å². The highest BCUT2D eigenvalue weighted by atomic mass is 16.6. The maximum atomic E-state index is 12.9. The third kappa shape index (κ3) is 11.3. The van der Waals surface area contributed by atoms with Gasteiger partial charge in [-0.25, -0.2) is 0 Å². The van der Waals surface area contributed by atoms with E-state index in [9.17, 15) is 14.7 Å². The summed E-state index contributed by atoms with van der Waals surface area (Å²) >= 11 is 0. The number of carbonyl (C=O) groups excluding carboxylic acids is 2. The standard InChI is InChI=1S/C30H51NO7/c1-8-11-19-37-30(34)28(29(33)36-10-3)24(6)26(23(5)21-32)12-13-27(22(4)9-2)38-25-14-16-31(17-15-25)18-20-35-7/h12-13,22-23,25,28,32H,6,8-11,14-21H2,1-5,7H3/b26-12-,27-13+. The highest BCUT2D eigenvalue weighted by Crippen LogP contribution is 2.29. The van der Waals surface area contributed by atoms with Crippen molar-refractivity contribution in [2.24, 2.45) is 17.8 Å². The smallest absolute Gasteiger partial charge is 0.324 e. The molecule has 0 aromatic rings. The molecule has 218 valence electrons. The van der Waals surface area contributed by atoms with Crippen molar-refractivity contribution in [3.63, 3.8) is 0 Å². The largest absolute Gasteiger partial charge is 0.494 e. The molecule has 0 bridgehead atoms. The Balaban J connectivity index is 3.21. The predicted octanol–water partition coefficient (Wildman–Crippen LogP) is 4.68. The van der Waals surface area contributed by atoms with Crippen LogP contribution in [0.5, 0.6) is 0 Å². The van der Waals surface area contributed by atoms with Gasteiger partial charge in [0.25, 0.3) is 0 Å².